The Morgan fingerprint density at radius 3 is 2.58 bits per heavy atom. The van der Waals surface area contributed by atoms with Gasteiger partial charge >= 0.3 is 0 Å². The highest BCUT2D eigenvalue weighted by molar-refractivity contribution is 5.79. The number of nitriles is 1. The number of carbonyl (C=O) groups is 1. The topological polar surface area (TPSA) is 47.3 Å². The second kappa shape index (κ2) is 9.51. The van der Waals surface area contributed by atoms with E-state index in [2.05, 4.69) is 35.2 Å². The Kier molecular flexibility index (Phi) is 6.56. The first-order chi connectivity index (χ1) is 15.1. The van der Waals surface area contributed by atoms with Crippen molar-refractivity contribution in [2.75, 3.05) is 25.0 Å². The minimum atomic E-state index is -0.395. The van der Waals surface area contributed by atoms with Gasteiger partial charge in [0.05, 0.1) is 11.3 Å². The average molecular weight is 420 g/mol. The second-order valence-electron chi connectivity index (χ2n) is 8.93. The third-order valence-electron chi connectivity index (χ3n) is 7.07. The summed E-state index contributed by atoms with van der Waals surface area (Å²) in [5, 5.41) is 9.33. The molecule has 2 aliphatic rings. The normalized spacial score (nSPS) is 21.6. The fourth-order valence-electron chi connectivity index (χ4n) is 5.37. The van der Waals surface area contributed by atoms with Crippen molar-refractivity contribution >= 4 is 11.6 Å². The van der Waals surface area contributed by atoms with E-state index < -0.39 is 5.82 Å². The number of amides is 1. The molecule has 2 aromatic carbocycles. The monoisotopic (exact) mass is 419 g/mol. The van der Waals surface area contributed by atoms with Crippen LogP contribution in [0.3, 0.4) is 0 Å². The third-order valence-corrected chi connectivity index (χ3v) is 7.07. The van der Waals surface area contributed by atoms with Gasteiger partial charge < -0.3 is 9.80 Å². The van der Waals surface area contributed by atoms with Crippen molar-refractivity contribution in [1.82, 2.24) is 4.90 Å². The minimum Gasteiger partial charge on any atom is -0.370 e. The predicted octanol–water partition coefficient (Wildman–Crippen LogP) is 4.78. The van der Waals surface area contributed by atoms with Crippen LogP contribution in [0, 0.1) is 29.0 Å². The van der Waals surface area contributed by atoms with Crippen LogP contribution in [0.4, 0.5) is 10.1 Å². The van der Waals surface area contributed by atoms with Crippen molar-refractivity contribution in [3.8, 4) is 6.07 Å². The first-order valence-electron chi connectivity index (χ1n) is 11.3. The molecule has 1 saturated heterocycles. The molecular formula is C26H30FN3O. The lowest BCUT2D eigenvalue weighted by Gasteiger charge is -2.37. The zero-order valence-corrected chi connectivity index (χ0v) is 18.1. The smallest absolute Gasteiger partial charge is 0.225 e. The Morgan fingerprint density at radius 1 is 1.13 bits per heavy atom. The van der Waals surface area contributed by atoms with Crippen molar-refractivity contribution in [1.29, 1.82) is 5.26 Å². The van der Waals surface area contributed by atoms with Crippen LogP contribution in [0.5, 0.6) is 0 Å². The zero-order chi connectivity index (χ0) is 21.8. The van der Waals surface area contributed by atoms with E-state index in [-0.39, 0.29) is 11.8 Å². The molecule has 1 aliphatic carbocycles. The quantitative estimate of drug-likeness (QED) is 0.700. The molecule has 2 fully saturated rings. The van der Waals surface area contributed by atoms with Crippen molar-refractivity contribution in [3.05, 3.63) is 65.5 Å². The number of halogens is 1. The maximum Gasteiger partial charge on any atom is 0.225 e. The van der Waals surface area contributed by atoms with E-state index in [1.165, 1.54) is 30.5 Å². The molecule has 4 rings (SSSR count). The first kappa shape index (κ1) is 21.4. The number of rotatable bonds is 5. The van der Waals surface area contributed by atoms with Gasteiger partial charge in [0, 0.05) is 32.1 Å². The van der Waals surface area contributed by atoms with Gasteiger partial charge in [0.1, 0.15) is 11.9 Å². The van der Waals surface area contributed by atoms with Crippen LogP contribution in [-0.4, -0.2) is 37.0 Å². The van der Waals surface area contributed by atoms with Crippen molar-refractivity contribution in [2.45, 2.75) is 44.6 Å². The molecule has 162 valence electrons. The summed E-state index contributed by atoms with van der Waals surface area (Å²) in [6.07, 6.45) is 6.00. The van der Waals surface area contributed by atoms with Gasteiger partial charge in [0.2, 0.25) is 5.91 Å². The molecule has 5 heteroatoms. The summed E-state index contributed by atoms with van der Waals surface area (Å²) in [4.78, 5) is 17.4. The molecule has 1 aliphatic heterocycles. The summed E-state index contributed by atoms with van der Waals surface area (Å²) in [6.45, 7) is 1.42. The number of piperidine rings is 1. The summed E-state index contributed by atoms with van der Waals surface area (Å²) in [5.74, 6) is 0.400. The second-order valence-corrected chi connectivity index (χ2v) is 8.93. The van der Waals surface area contributed by atoms with Gasteiger partial charge in [-0.25, -0.2) is 4.39 Å². The lowest BCUT2D eigenvalue weighted by atomic mass is 9.91. The molecule has 31 heavy (non-hydrogen) atoms. The number of benzene rings is 2. The van der Waals surface area contributed by atoms with E-state index in [0.717, 1.165) is 31.4 Å². The van der Waals surface area contributed by atoms with Crippen LogP contribution in [0.15, 0.2) is 48.5 Å². The first-order valence-corrected chi connectivity index (χ1v) is 11.3. The molecule has 2 unspecified atom stereocenters. The molecule has 0 N–H and O–H groups in total. The Morgan fingerprint density at radius 2 is 1.87 bits per heavy atom. The van der Waals surface area contributed by atoms with Crippen LogP contribution in [0.2, 0.25) is 0 Å². The van der Waals surface area contributed by atoms with Crippen molar-refractivity contribution in [3.63, 3.8) is 0 Å². The van der Waals surface area contributed by atoms with Gasteiger partial charge in [0.25, 0.3) is 0 Å². The van der Waals surface area contributed by atoms with Crippen LogP contribution in [0.25, 0.3) is 0 Å². The van der Waals surface area contributed by atoms with Crippen molar-refractivity contribution in [2.24, 2.45) is 11.8 Å². The summed E-state index contributed by atoms with van der Waals surface area (Å²) < 4.78 is 13.5. The van der Waals surface area contributed by atoms with Crippen molar-refractivity contribution < 1.29 is 9.18 Å². The molecular weight excluding hydrogens is 389 g/mol. The average Bonchev–Trinajstić information content (AvgIpc) is 3.27. The summed E-state index contributed by atoms with van der Waals surface area (Å²) in [5.41, 5.74) is 2.47. The molecule has 1 heterocycles. The Bertz CT molecular complexity index is 947. The van der Waals surface area contributed by atoms with E-state index in [1.807, 2.05) is 18.0 Å². The van der Waals surface area contributed by atoms with Crippen LogP contribution in [-0.2, 0) is 11.2 Å². The maximum absolute atomic E-state index is 13.5. The number of hydrogen-bond donors (Lipinski definition) is 0. The Labute approximate surface area is 184 Å². The lowest BCUT2D eigenvalue weighted by Crippen LogP contribution is -2.46. The van der Waals surface area contributed by atoms with E-state index in [9.17, 15) is 14.4 Å². The highest BCUT2D eigenvalue weighted by atomic mass is 19.1. The molecule has 1 saturated carbocycles. The van der Waals surface area contributed by atoms with E-state index >= 15 is 0 Å². The molecule has 0 bridgehead atoms. The lowest BCUT2D eigenvalue weighted by molar-refractivity contribution is -0.137. The molecule has 0 radical (unpaired) electrons. The van der Waals surface area contributed by atoms with Gasteiger partial charge in [-0.3, -0.25) is 4.79 Å². The SMILES string of the molecule is CN(C(=O)C1CCN(c2ccc(F)cc2C#N)CC1)C1CCCC1Cc1ccccc1. The Balaban J connectivity index is 1.36. The standard InChI is InChI=1S/C26H30FN3O/c1-29(24-9-5-8-21(24)16-19-6-3-2-4-7-19)26(31)20-12-14-30(15-13-20)25-11-10-23(27)17-22(25)18-28/h2-4,6-7,10-11,17,20-21,24H,5,8-9,12-16H2,1H3. The van der Waals surface area contributed by atoms with Crippen LogP contribution >= 0.6 is 0 Å². The van der Waals surface area contributed by atoms with Gasteiger partial charge in [-0.05, 0) is 61.8 Å². The minimum absolute atomic E-state index is 0.0187. The molecule has 2 aromatic rings. The maximum atomic E-state index is 13.5. The number of anilines is 1. The number of hydrogen-bond acceptors (Lipinski definition) is 3. The van der Waals surface area contributed by atoms with Gasteiger partial charge in [-0.2, -0.15) is 5.26 Å². The fourth-order valence-corrected chi connectivity index (χ4v) is 5.37. The summed E-state index contributed by atoms with van der Waals surface area (Å²) in [7, 11) is 1.98. The molecule has 2 atom stereocenters. The highest BCUT2D eigenvalue weighted by Crippen LogP contribution is 2.34. The molecule has 0 spiro atoms. The zero-order valence-electron chi connectivity index (χ0n) is 18.1. The van der Waals surface area contributed by atoms with Gasteiger partial charge in [-0.15, -0.1) is 0 Å². The van der Waals surface area contributed by atoms with E-state index in [1.54, 1.807) is 6.07 Å². The highest BCUT2D eigenvalue weighted by Gasteiger charge is 2.36. The van der Waals surface area contributed by atoms with Crippen LogP contribution < -0.4 is 4.90 Å². The number of nitrogens with zero attached hydrogens (tertiary/aromatic N) is 3. The van der Waals surface area contributed by atoms with Crippen LogP contribution in [0.1, 0.15) is 43.2 Å². The summed E-state index contributed by atoms with van der Waals surface area (Å²) in [6, 6.07) is 17.3. The Hall–Kier alpha value is -2.87. The van der Waals surface area contributed by atoms with E-state index in [4.69, 9.17) is 0 Å². The van der Waals surface area contributed by atoms with E-state index in [0.29, 0.717) is 30.6 Å². The predicted molar refractivity (Wildman–Crippen MR) is 120 cm³/mol. The fraction of sp³-hybridized carbons (Fsp3) is 0.462. The molecule has 0 aromatic heterocycles. The largest absolute Gasteiger partial charge is 0.370 e. The summed E-state index contributed by atoms with van der Waals surface area (Å²) >= 11 is 0. The molecule has 4 nitrogen and oxygen atoms in total. The third kappa shape index (κ3) is 4.74. The number of carbonyl (C=O) groups excluding carboxylic acids is 1. The van der Waals surface area contributed by atoms with Gasteiger partial charge in [-0.1, -0.05) is 36.8 Å². The van der Waals surface area contributed by atoms with Gasteiger partial charge in [0.15, 0.2) is 0 Å². The molecule has 1 amide bonds.